The van der Waals surface area contributed by atoms with Gasteiger partial charge in [0, 0.05) is 17.2 Å². The third-order valence-electron chi connectivity index (χ3n) is 4.75. The van der Waals surface area contributed by atoms with Crippen LogP contribution in [-0.2, 0) is 14.3 Å². The van der Waals surface area contributed by atoms with E-state index in [0.717, 1.165) is 12.8 Å². The molecule has 0 fully saturated rings. The summed E-state index contributed by atoms with van der Waals surface area (Å²) in [5.74, 6) is 0.153. The molecule has 6 nitrogen and oxygen atoms in total. The van der Waals surface area contributed by atoms with Crippen molar-refractivity contribution in [1.82, 2.24) is 0 Å². The first kappa shape index (κ1) is 21.6. The normalized spacial score (nSPS) is 14.4. The molecule has 0 aliphatic carbocycles. The number of esters is 2. The van der Waals surface area contributed by atoms with Crippen molar-refractivity contribution in [3.63, 3.8) is 0 Å². The predicted molar refractivity (Wildman–Crippen MR) is 121 cm³/mol. The Morgan fingerprint density at radius 3 is 2.69 bits per heavy atom. The van der Waals surface area contributed by atoms with Crippen molar-refractivity contribution in [2.45, 2.75) is 19.8 Å². The average Bonchev–Trinajstić information content (AvgIpc) is 3.42. The highest BCUT2D eigenvalue weighted by molar-refractivity contribution is 6.33. The van der Waals surface area contributed by atoms with Crippen LogP contribution in [0.2, 0.25) is 5.02 Å². The molecule has 32 heavy (non-hydrogen) atoms. The number of carbonyl (C=O) groups is 2. The van der Waals surface area contributed by atoms with Crippen LogP contribution in [0.15, 0.2) is 75.8 Å². The minimum atomic E-state index is -0.551. The lowest BCUT2D eigenvalue weighted by atomic mass is 10.1. The summed E-state index contributed by atoms with van der Waals surface area (Å²) in [7, 11) is 0. The number of furan rings is 1. The number of hydrogen-bond donors (Lipinski definition) is 0. The van der Waals surface area contributed by atoms with Gasteiger partial charge in [-0.15, -0.1) is 0 Å². The van der Waals surface area contributed by atoms with Crippen molar-refractivity contribution in [2.24, 2.45) is 4.99 Å². The van der Waals surface area contributed by atoms with Crippen molar-refractivity contribution in [3.8, 4) is 11.3 Å². The molecular weight excluding hydrogens is 430 g/mol. The number of ether oxygens (including phenoxy) is 2. The number of cyclic esters (lactones) is 1. The van der Waals surface area contributed by atoms with E-state index in [4.69, 9.17) is 25.5 Å². The summed E-state index contributed by atoms with van der Waals surface area (Å²) in [6.07, 6.45) is 3.23. The summed E-state index contributed by atoms with van der Waals surface area (Å²) in [5.41, 5.74) is 1.78. The van der Waals surface area contributed by atoms with Gasteiger partial charge in [0.25, 0.3) is 0 Å². The molecule has 0 amide bonds. The molecule has 4 rings (SSSR count). The maximum Gasteiger partial charge on any atom is 0.363 e. The van der Waals surface area contributed by atoms with Gasteiger partial charge >= 0.3 is 11.9 Å². The molecule has 3 aromatic rings. The maximum atomic E-state index is 12.3. The predicted octanol–water partition coefficient (Wildman–Crippen LogP) is 5.90. The molecule has 162 valence electrons. The molecule has 1 aliphatic rings. The molecule has 0 saturated heterocycles. The number of benzene rings is 2. The maximum absolute atomic E-state index is 12.3. The molecule has 1 aliphatic heterocycles. The molecule has 0 bridgehead atoms. The highest BCUT2D eigenvalue weighted by Gasteiger charge is 2.24. The number of unbranched alkanes of at least 4 members (excludes halogenated alkanes) is 1. The standard InChI is InChI=1S/C25H20ClNO5/c1-2-3-13-30-24(28)19-14-17(9-11-20(19)26)22-12-10-18(31-22)15-21-25(29)32-23(27-21)16-7-5-4-6-8-16/h4-12,14-15H,2-3,13H2,1H3/b21-15+. The van der Waals surface area contributed by atoms with Gasteiger partial charge < -0.3 is 13.9 Å². The molecule has 1 aromatic heterocycles. The first-order valence-corrected chi connectivity index (χ1v) is 10.6. The van der Waals surface area contributed by atoms with Crippen molar-refractivity contribution in [2.75, 3.05) is 6.61 Å². The molecule has 2 aromatic carbocycles. The van der Waals surface area contributed by atoms with Crippen molar-refractivity contribution >= 4 is 35.5 Å². The van der Waals surface area contributed by atoms with Crippen LogP contribution < -0.4 is 0 Å². The molecule has 0 saturated carbocycles. The van der Waals surface area contributed by atoms with Crippen LogP contribution in [0.4, 0.5) is 0 Å². The van der Waals surface area contributed by atoms with Gasteiger partial charge in [0.05, 0.1) is 17.2 Å². The van der Waals surface area contributed by atoms with E-state index in [-0.39, 0.29) is 17.2 Å². The molecule has 0 radical (unpaired) electrons. The molecular formula is C25H20ClNO5. The fourth-order valence-electron chi connectivity index (χ4n) is 3.06. The summed E-state index contributed by atoms with van der Waals surface area (Å²) < 4.78 is 16.4. The number of carbonyl (C=O) groups excluding carboxylic acids is 2. The van der Waals surface area contributed by atoms with Crippen LogP contribution in [-0.4, -0.2) is 24.4 Å². The monoisotopic (exact) mass is 449 g/mol. The fourth-order valence-corrected chi connectivity index (χ4v) is 3.25. The lowest BCUT2D eigenvalue weighted by Crippen LogP contribution is -2.07. The van der Waals surface area contributed by atoms with Crippen molar-refractivity contribution in [1.29, 1.82) is 0 Å². The summed E-state index contributed by atoms with van der Waals surface area (Å²) >= 11 is 6.18. The van der Waals surface area contributed by atoms with Crippen LogP contribution in [0.1, 0.15) is 41.4 Å². The Balaban J connectivity index is 1.55. The Morgan fingerprint density at radius 1 is 1.09 bits per heavy atom. The molecule has 0 atom stereocenters. The summed E-state index contributed by atoms with van der Waals surface area (Å²) in [5, 5.41) is 0.306. The summed E-state index contributed by atoms with van der Waals surface area (Å²) in [6.45, 7) is 2.36. The quantitative estimate of drug-likeness (QED) is 0.255. The van der Waals surface area contributed by atoms with Crippen LogP contribution in [0.3, 0.4) is 0 Å². The first-order valence-electron chi connectivity index (χ1n) is 10.2. The molecule has 0 N–H and O–H groups in total. The van der Waals surface area contributed by atoms with Gasteiger partial charge in [0.2, 0.25) is 5.90 Å². The molecule has 2 heterocycles. The molecule has 0 unspecified atom stereocenters. The Bertz CT molecular complexity index is 1210. The van der Waals surface area contributed by atoms with Crippen LogP contribution >= 0.6 is 11.6 Å². The van der Waals surface area contributed by atoms with E-state index in [1.807, 2.05) is 37.3 Å². The Labute approximate surface area is 190 Å². The van der Waals surface area contributed by atoms with E-state index in [9.17, 15) is 9.59 Å². The summed E-state index contributed by atoms with van der Waals surface area (Å²) in [4.78, 5) is 28.8. The van der Waals surface area contributed by atoms with E-state index in [0.29, 0.717) is 34.3 Å². The fraction of sp³-hybridized carbons (Fsp3) is 0.160. The number of hydrogen-bond acceptors (Lipinski definition) is 6. The lowest BCUT2D eigenvalue weighted by Gasteiger charge is -2.07. The minimum Gasteiger partial charge on any atom is -0.462 e. The highest BCUT2D eigenvalue weighted by Crippen LogP contribution is 2.29. The second-order valence-corrected chi connectivity index (χ2v) is 7.50. The second kappa shape index (κ2) is 9.66. The van der Waals surface area contributed by atoms with Crippen molar-refractivity contribution < 1.29 is 23.5 Å². The largest absolute Gasteiger partial charge is 0.462 e. The van der Waals surface area contributed by atoms with Crippen LogP contribution in [0.5, 0.6) is 0 Å². The van der Waals surface area contributed by atoms with E-state index < -0.39 is 11.9 Å². The Hall–Kier alpha value is -3.64. The number of halogens is 1. The minimum absolute atomic E-state index is 0.140. The topological polar surface area (TPSA) is 78.1 Å². The van der Waals surface area contributed by atoms with Crippen molar-refractivity contribution in [3.05, 3.63) is 88.3 Å². The third kappa shape index (κ3) is 4.81. The van der Waals surface area contributed by atoms with Gasteiger partial charge in [-0.1, -0.05) is 43.1 Å². The van der Waals surface area contributed by atoms with Gasteiger partial charge in [-0.25, -0.2) is 14.6 Å². The van der Waals surface area contributed by atoms with E-state index >= 15 is 0 Å². The highest BCUT2D eigenvalue weighted by atomic mass is 35.5. The van der Waals surface area contributed by atoms with Gasteiger partial charge in [-0.05, 0) is 48.9 Å². The van der Waals surface area contributed by atoms with Gasteiger partial charge in [-0.3, -0.25) is 0 Å². The molecule has 0 spiro atoms. The van der Waals surface area contributed by atoms with Gasteiger partial charge in [0.15, 0.2) is 5.70 Å². The van der Waals surface area contributed by atoms with Gasteiger partial charge in [0.1, 0.15) is 11.5 Å². The van der Waals surface area contributed by atoms with Crippen LogP contribution in [0, 0.1) is 0 Å². The number of aliphatic imine (C=N–C) groups is 1. The summed E-state index contributed by atoms with van der Waals surface area (Å²) in [6, 6.07) is 17.6. The molecule has 7 heteroatoms. The zero-order valence-corrected chi connectivity index (χ0v) is 18.1. The smallest absolute Gasteiger partial charge is 0.363 e. The Kier molecular flexibility index (Phi) is 6.52. The average molecular weight is 450 g/mol. The zero-order valence-electron chi connectivity index (χ0n) is 17.3. The number of nitrogens with zero attached hydrogens (tertiary/aromatic N) is 1. The second-order valence-electron chi connectivity index (χ2n) is 7.09. The van der Waals surface area contributed by atoms with E-state index in [2.05, 4.69) is 4.99 Å². The first-order chi connectivity index (χ1) is 15.5. The van der Waals surface area contributed by atoms with E-state index in [1.165, 1.54) is 6.08 Å². The van der Waals surface area contributed by atoms with E-state index in [1.54, 1.807) is 30.3 Å². The third-order valence-corrected chi connectivity index (χ3v) is 5.08. The van der Waals surface area contributed by atoms with Gasteiger partial charge in [-0.2, -0.15) is 0 Å². The number of rotatable bonds is 7. The SMILES string of the molecule is CCCCOC(=O)c1cc(-c2ccc(/C=C3/N=C(c4ccccc4)OC3=O)o2)ccc1Cl. The Morgan fingerprint density at radius 2 is 1.91 bits per heavy atom. The van der Waals surface area contributed by atoms with Crippen LogP contribution in [0.25, 0.3) is 17.4 Å². The lowest BCUT2D eigenvalue weighted by molar-refractivity contribution is -0.129. The zero-order chi connectivity index (χ0) is 22.5.